The minimum absolute atomic E-state index is 0.267. The van der Waals surface area contributed by atoms with Crippen LogP contribution >= 0.6 is 11.8 Å². The van der Waals surface area contributed by atoms with Crippen LogP contribution in [0.4, 0.5) is 18.9 Å². The molecule has 3 aromatic rings. The molecule has 0 fully saturated rings. The predicted molar refractivity (Wildman–Crippen MR) is 135 cm³/mol. The number of carboxylic acid groups (broad SMARTS) is 1. The maximum atomic E-state index is 12.3. The third kappa shape index (κ3) is 8.87. The Morgan fingerprint density at radius 2 is 1.53 bits per heavy atom. The Labute approximate surface area is 226 Å². The number of nitrogens with zero attached hydrogens (tertiary/aromatic N) is 1. The van der Waals surface area contributed by atoms with Crippen molar-refractivity contribution in [2.75, 3.05) is 5.32 Å². The average Bonchev–Trinajstić information content (AvgIpc) is 3.13. The van der Waals surface area contributed by atoms with Crippen LogP contribution < -0.4 is 12.9 Å². The van der Waals surface area contributed by atoms with Gasteiger partial charge in [-0.3, -0.25) is 4.79 Å². The Balaban J connectivity index is 0.000000840. The number of carbonyl (C=O) groups is 2. The third-order valence-electron chi connectivity index (χ3n) is 4.55. The van der Waals surface area contributed by atoms with Gasteiger partial charge in [0.05, 0.1) is 0 Å². The molecule has 0 radical (unpaired) electrons. The Morgan fingerprint density at radius 1 is 1.00 bits per heavy atom. The molecule has 0 saturated heterocycles. The number of hydrogen-bond acceptors (Lipinski definition) is 5. The van der Waals surface area contributed by atoms with Crippen LogP contribution in [0.5, 0.6) is 5.75 Å². The van der Waals surface area contributed by atoms with Gasteiger partial charge in [0, 0.05) is 6.92 Å². The molecule has 1 heterocycles. The number of rotatable bonds is 4. The standard InChI is InChI=1S/C23H14F3N2O2S.C2H4O2.Na/c24-23(25,26)30-19-12-10-17(11-13-19)16-8-6-15(7-9-16)14-20-21(29)28-22(31-20)27-18-4-2-1-3-5-18;1-2(3)4;/h2-14H,(H,27,28,29);1H3,(H,3,4);. The molecule has 180 valence electrons. The van der Waals surface area contributed by atoms with Crippen molar-refractivity contribution in [2.24, 2.45) is 4.99 Å². The normalized spacial score (nSPS) is 14.1. The van der Waals surface area contributed by atoms with Crippen LogP contribution in [0.25, 0.3) is 17.2 Å². The van der Waals surface area contributed by atoms with Crippen molar-refractivity contribution in [2.45, 2.75) is 13.3 Å². The molecular weight excluding hydrogens is 504 g/mol. The second-order valence-corrected chi connectivity index (χ2v) is 9.72. The Morgan fingerprint density at radius 3 is 2.06 bits per heavy atom. The molecule has 11 heteroatoms. The van der Waals surface area contributed by atoms with Crippen molar-refractivity contribution in [1.29, 1.82) is 0 Å². The van der Waals surface area contributed by atoms with E-state index >= 15 is 0 Å². The summed E-state index contributed by atoms with van der Waals surface area (Å²) in [7, 11) is 0. The van der Waals surface area contributed by atoms with E-state index in [0.29, 0.717) is 10.1 Å². The fourth-order valence-corrected chi connectivity index (χ4v) is 4.16. The summed E-state index contributed by atoms with van der Waals surface area (Å²) in [5, 5.41) is 11.1. The van der Waals surface area contributed by atoms with E-state index in [1.54, 1.807) is 18.2 Å². The Hall–Kier alpha value is -3.05. The Bertz CT molecular complexity index is 1290. The molecule has 2 N–H and O–H groups in total. The maximum absolute atomic E-state index is 12.3. The van der Waals surface area contributed by atoms with E-state index in [9.17, 15) is 18.0 Å². The van der Waals surface area contributed by atoms with Crippen molar-refractivity contribution in [3.8, 4) is 16.9 Å². The van der Waals surface area contributed by atoms with Gasteiger partial charge in [-0.25, -0.2) is 0 Å². The van der Waals surface area contributed by atoms with Gasteiger partial charge in [-0.2, -0.15) is 0 Å². The molecule has 3 aromatic carbocycles. The molecule has 4 rings (SSSR count). The van der Waals surface area contributed by atoms with Gasteiger partial charge in [-0.1, -0.05) is 12.1 Å². The van der Waals surface area contributed by atoms with E-state index in [0.717, 1.165) is 57.2 Å². The molecule has 0 aromatic heterocycles. The van der Waals surface area contributed by atoms with Gasteiger partial charge in [0.1, 0.15) is 5.75 Å². The van der Waals surface area contributed by atoms with Gasteiger partial charge in [-0.05, 0) is 23.3 Å². The summed E-state index contributed by atoms with van der Waals surface area (Å²) in [6.45, 7) is 1.08. The summed E-state index contributed by atoms with van der Waals surface area (Å²) in [5.41, 5.74) is 3.28. The van der Waals surface area contributed by atoms with Crippen LogP contribution in [0.2, 0.25) is 0 Å². The fraction of sp³-hybridized carbons (Fsp3) is 0.0800. The van der Waals surface area contributed by atoms with E-state index in [-0.39, 0.29) is 11.7 Å². The molecule has 6 nitrogen and oxygen atoms in total. The number of amidine groups is 1. The number of hydrogen-bond donors (Lipinski definition) is 2. The van der Waals surface area contributed by atoms with Gasteiger partial charge in [0.15, 0.2) is 0 Å². The number of thioether (sulfide) groups is 1. The third-order valence-corrected chi connectivity index (χ3v) is 6.12. The van der Waals surface area contributed by atoms with Gasteiger partial charge < -0.3 is 9.84 Å². The van der Waals surface area contributed by atoms with Crippen molar-refractivity contribution in [1.82, 2.24) is 0 Å². The first-order valence-corrected chi connectivity index (χ1v) is 12.3. The number of benzene rings is 3. The number of ether oxygens (including phenoxy) is 1. The van der Waals surface area contributed by atoms with E-state index in [1.165, 1.54) is 26.7 Å². The average molecular weight is 522 g/mol. The van der Waals surface area contributed by atoms with Gasteiger partial charge >= 0.3 is 146 Å². The molecule has 1 amide bonds. The van der Waals surface area contributed by atoms with Gasteiger partial charge in [-0.15, -0.1) is 13.2 Å². The number of carboxylic acids is 1. The van der Waals surface area contributed by atoms with E-state index in [4.69, 9.17) is 9.90 Å². The van der Waals surface area contributed by atoms with Crippen LogP contribution in [-0.4, -0.2) is 56.4 Å². The fourth-order valence-electron chi connectivity index (χ4n) is 3.00. The number of anilines is 1. The molecule has 36 heavy (non-hydrogen) atoms. The molecule has 0 saturated carbocycles. The number of nitrogens with one attached hydrogen (secondary N) is 1. The van der Waals surface area contributed by atoms with Crippen LogP contribution in [0.15, 0.2) is 82.7 Å². The first-order valence-electron chi connectivity index (χ1n) is 10.5. The SMILES string of the molecule is CC(=O)O.O=C1N=C(Nc2cc[c]([Na])cc2)SC1=Cc1ccc(-c2ccc(OC(F)(F)F)cc2)cc1. The minimum atomic E-state index is -4.72. The topological polar surface area (TPSA) is 88.0 Å². The van der Waals surface area contributed by atoms with Crippen molar-refractivity contribution in [3.63, 3.8) is 0 Å². The first-order chi connectivity index (χ1) is 17.0. The van der Waals surface area contributed by atoms with Crippen molar-refractivity contribution in [3.05, 3.63) is 83.3 Å². The number of aliphatic carboxylic acids is 1. The summed E-state index contributed by atoms with van der Waals surface area (Å²) in [6.07, 6.45) is -2.96. The molecule has 0 bridgehead atoms. The molecule has 0 spiro atoms. The Kier molecular flexibility index (Phi) is 9.38. The summed E-state index contributed by atoms with van der Waals surface area (Å²) in [6, 6.07) is 21.0. The number of aliphatic imine (C=N–C) groups is 1. The summed E-state index contributed by atoms with van der Waals surface area (Å²) >= 11 is 2.25. The molecular formula is C25H18F3N2NaO4S. The summed E-state index contributed by atoms with van der Waals surface area (Å²) < 4.78 is 42.0. The van der Waals surface area contributed by atoms with Crippen molar-refractivity contribution >= 4 is 71.3 Å². The number of amides is 1. The number of carbonyl (C=O) groups excluding carboxylic acids is 1. The van der Waals surface area contributed by atoms with Crippen LogP contribution in [0, 0.1) is 0 Å². The zero-order chi connectivity index (χ0) is 26.3. The number of alkyl halides is 3. The molecule has 0 unspecified atom stereocenters. The van der Waals surface area contributed by atoms with Gasteiger partial charge in [0.25, 0.3) is 5.97 Å². The second kappa shape index (κ2) is 12.3. The summed E-state index contributed by atoms with van der Waals surface area (Å²) in [5.74, 6) is -1.40. The molecule has 0 aliphatic carbocycles. The zero-order valence-corrected chi connectivity index (χ0v) is 22.0. The summed E-state index contributed by atoms with van der Waals surface area (Å²) in [4.78, 5) is 25.8. The van der Waals surface area contributed by atoms with Gasteiger partial charge in [0.2, 0.25) is 0 Å². The molecule has 1 aliphatic heterocycles. The van der Waals surface area contributed by atoms with E-state index in [2.05, 4.69) is 15.0 Å². The quantitative estimate of drug-likeness (QED) is 0.361. The van der Waals surface area contributed by atoms with Crippen LogP contribution in [0.3, 0.4) is 0 Å². The van der Waals surface area contributed by atoms with E-state index in [1.807, 2.05) is 48.5 Å². The zero-order valence-electron chi connectivity index (χ0n) is 19.2. The van der Waals surface area contributed by atoms with Crippen LogP contribution in [0.1, 0.15) is 12.5 Å². The predicted octanol–water partition coefficient (Wildman–Crippen LogP) is 5.22. The number of halogens is 3. The van der Waals surface area contributed by atoms with E-state index < -0.39 is 12.3 Å². The van der Waals surface area contributed by atoms with Crippen LogP contribution in [-0.2, 0) is 9.59 Å². The monoisotopic (exact) mass is 522 g/mol. The molecule has 1 aliphatic rings. The van der Waals surface area contributed by atoms with Crippen molar-refractivity contribution < 1.29 is 32.6 Å². The first kappa shape index (κ1) is 27.5. The molecule has 0 atom stereocenters. The second-order valence-electron chi connectivity index (χ2n) is 7.54.